The fourth-order valence-electron chi connectivity index (χ4n) is 2.22. The molecule has 7 heteroatoms. The van der Waals surface area contributed by atoms with Gasteiger partial charge in [0.15, 0.2) is 0 Å². The summed E-state index contributed by atoms with van der Waals surface area (Å²) >= 11 is 0. The molecule has 1 unspecified atom stereocenters. The quantitative estimate of drug-likeness (QED) is 0.478. The van der Waals surface area contributed by atoms with Crippen LogP contribution in [-0.4, -0.2) is 16.0 Å². The molecule has 2 rings (SSSR count). The number of rotatable bonds is 5. The van der Waals surface area contributed by atoms with Crippen molar-refractivity contribution in [3.8, 4) is 0 Å². The number of nitro benzene ring substituents is 1. The van der Waals surface area contributed by atoms with Crippen molar-refractivity contribution in [2.24, 2.45) is 0 Å². The lowest BCUT2D eigenvalue weighted by Crippen LogP contribution is -2.14. The lowest BCUT2D eigenvalue weighted by atomic mass is 10.00. The maximum atomic E-state index is 12.1. The molecule has 0 amide bonds. The largest absolute Gasteiger partial charge is 0.460 e. The second-order valence-corrected chi connectivity index (χ2v) is 4.99. The van der Waals surface area contributed by atoms with Crippen molar-refractivity contribution in [3.05, 3.63) is 57.0 Å². The van der Waals surface area contributed by atoms with Gasteiger partial charge in [-0.15, -0.1) is 0 Å². The lowest BCUT2D eigenvalue weighted by molar-refractivity contribution is -0.384. The van der Waals surface area contributed by atoms with E-state index in [4.69, 9.17) is 9.26 Å². The van der Waals surface area contributed by atoms with E-state index in [-0.39, 0.29) is 12.3 Å². The molecule has 0 saturated heterocycles. The number of carbonyl (C=O) groups is 1. The molecule has 1 atom stereocenters. The van der Waals surface area contributed by atoms with Crippen molar-refractivity contribution in [1.29, 1.82) is 0 Å². The van der Waals surface area contributed by atoms with Crippen LogP contribution in [0.25, 0.3) is 0 Å². The number of esters is 1. The Kier molecular flexibility index (Phi) is 4.55. The SMILES string of the molecule is Cc1noc(C)c1C(C)C(=O)OCc1ccc([N+](=O)[O-])cc1. The van der Waals surface area contributed by atoms with E-state index in [1.807, 2.05) is 0 Å². The minimum absolute atomic E-state index is 0.000773. The lowest BCUT2D eigenvalue weighted by Gasteiger charge is -2.11. The maximum absolute atomic E-state index is 12.1. The van der Waals surface area contributed by atoms with Gasteiger partial charge in [0.1, 0.15) is 12.4 Å². The summed E-state index contributed by atoms with van der Waals surface area (Å²) in [5, 5.41) is 14.4. The van der Waals surface area contributed by atoms with Crippen molar-refractivity contribution in [3.63, 3.8) is 0 Å². The predicted octanol–water partition coefficient (Wildman–Crippen LogP) is 3.05. The molecule has 0 saturated carbocycles. The molecule has 0 aliphatic rings. The topological polar surface area (TPSA) is 95.5 Å². The molecular weight excluding hydrogens is 288 g/mol. The Bertz CT molecular complexity index is 671. The van der Waals surface area contributed by atoms with Gasteiger partial charge in [0, 0.05) is 17.7 Å². The number of nitrogens with zero attached hydrogens (tertiary/aromatic N) is 2. The fourth-order valence-corrected chi connectivity index (χ4v) is 2.22. The number of non-ortho nitro benzene ring substituents is 1. The van der Waals surface area contributed by atoms with Gasteiger partial charge in [-0.1, -0.05) is 5.16 Å². The number of ether oxygens (including phenoxy) is 1. The minimum atomic E-state index is -0.482. The Balaban J connectivity index is 1.99. The fraction of sp³-hybridized carbons (Fsp3) is 0.333. The zero-order valence-corrected chi connectivity index (χ0v) is 12.5. The molecule has 1 heterocycles. The number of aromatic nitrogens is 1. The average molecular weight is 304 g/mol. The number of hydrogen-bond acceptors (Lipinski definition) is 6. The van der Waals surface area contributed by atoms with Gasteiger partial charge in [-0.05, 0) is 38.5 Å². The molecule has 22 heavy (non-hydrogen) atoms. The van der Waals surface area contributed by atoms with Crippen LogP contribution in [0.1, 0.15) is 35.4 Å². The van der Waals surface area contributed by atoms with Gasteiger partial charge in [-0.3, -0.25) is 14.9 Å². The van der Waals surface area contributed by atoms with Crippen LogP contribution in [0.2, 0.25) is 0 Å². The van der Waals surface area contributed by atoms with Crippen LogP contribution < -0.4 is 0 Å². The van der Waals surface area contributed by atoms with Crippen LogP contribution in [0.3, 0.4) is 0 Å². The van der Waals surface area contributed by atoms with E-state index in [0.717, 1.165) is 5.56 Å². The summed E-state index contributed by atoms with van der Waals surface area (Å²) in [5.41, 5.74) is 2.08. The number of nitro groups is 1. The van der Waals surface area contributed by atoms with Gasteiger partial charge in [-0.2, -0.15) is 0 Å². The van der Waals surface area contributed by atoms with Crippen LogP contribution in [0.15, 0.2) is 28.8 Å². The number of hydrogen-bond donors (Lipinski definition) is 0. The molecule has 116 valence electrons. The van der Waals surface area contributed by atoms with Crippen molar-refractivity contribution < 1.29 is 19.0 Å². The Morgan fingerprint density at radius 3 is 2.50 bits per heavy atom. The normalized spacial score (nSPS) is 12.0. The van der Waals surface area contributed by atoms with Gasteiger partial charge in [0.2, 0.25) is 0 Å². The Morgan fingerprint density at radius 1 is 1.36 bits per heavy atom. The van der Waals surface area contributed by atoms with Crippen LogP contribution in [0.4, 0.5) is 5.69 Å². The third-order valence-electron chi connectivity index (χ3n) is 3.40. The van der Waals surface area contributed by atoms with E-state index in [1.54, 1.807) is 32.9 Å². The zero-order valence-electron chi connectivity index (χ0n) is 12.5. The highest BCUT2D eigenvalue weighted by atomic mass is 16.6. The summed E-state index contributed by atoms with van der Waals surface area (Å²) in [4.78, 5) is 22.2. The molecule has 0 fully saturated rings. The smallest absolute Gasteiger partial charge is 0.313 e. The Labute approximate surface area is 127 Å². The molecule has 0 radical (unpaired) electrons. The third kappa shape index (κ3) is 3.30. The van der Waals surface area contributed by atoms with Crippen LogP contribution in [0.5, 0.6) is 0 Å². The van der Waals surface area contributed by atoms with E-state index in [2.05, 4.69) is 5.16 Å². The van der Waals surface area contributed by atoms with Gasteiger partial charge < -0.3 is 9.26 Å². The van der Waals surface area contributed by atoms with E-state index in [9.17, 15) is 14.9 Å². The summed E-state index contributed by atoms with van der Waals surface area (Å²) in [6.07, 6.45) is 0. The second kappa shape index (κ2) is 6.38. The summed E-state index contributed by atoms with van der Waals surface area (Å²) < 4.78 is 10.3. The van der Waals surface area contributed by atoms with E-state index < -0.39 is 16.8 Å². The first kappa shape index (κ1) is 15.7. The van der Waals surface area contributed by atoms with Crippen molar-refractivity contribution >= 4 is 11.7 Å². The molecule has 0 spiro atoms. The first-order valence-corrected chi connectivity index (χ1v) is 6.73. The molecular formula is C15H16N2O5. The Hall–Kier alpha value is -2.70. The summed E-state index contributed by atoms with van der Waals surface area (Å²) in [7, 11) is 0. The maximum Gasteiger partial charge on any atom is 0.313 e. The highest BCUT2D eigenvalue weighted by Crippen LogP contribution is 2.24. The minimum Gasteiger partial charge on any atom is -0.460 e. The molecule has 0 bridgehead atoms. The average Bonchev–Trinajstić information content (AvgIpc) is 2.83. The standard InChI is InChI=1S/C15H16N2O5/c1-9(14-10(2)16-22-11(14)3)15(18)21-8-12-4-6-13(7-5-12)17(19)20/h4-7,9H,8H2,1-3H3. The van der Waals surface area contributed by atoms with Gasteiger partial charge in [-0.25, -0.2) is 0 Å². The third-order valence-corrected chi connectivity index (χ3v) is 3.40. The molecule has 0 aliphatic heterocycles. The molecule has 0 aliphatic carbocycles. The van der Waals surface area contributed by atoms with E-state index in [1.165, 1.54) is 12.1 Å². The van der Waals surface area contributed by atoms with Crippen molar-refractivity contribution in [2.75, 3.05) is 0 Å². The summed E-state index contributed by atoms with van der Waals surface area (Å²) in [6, 6.07) is 5.87. The Morgan fingerprint density at radius 2 is 2.00 bits per heavy atom. The molecule has 1 aromatic carbocycles. The van der Waals surface area contributed by atoms with E-state index >= 15 is 0 Å². The van der Waals surface area contributed by atoms with Crippen LogP contribution in [0, 0.1) is 24.0 Å². The highest BCUT2D eigenvalue weighted by Gasteiger charge is 2.24. The molecule has 7 nitrogen and oxygen atoms in total. The number of carbonyl (C=O) groups excluding carboxylic acids is 1. The predicted molar refractivity (Wildman–Crippen MR) is 77.3 cm³/mol. The van der Waals surface area contributed by atoms with Gasteiger partial charge in [0.05, 0.1) is 16.5 Å². The van der Waals surface area contributed by atoms with Gasteiger partial charge in [0.25, 0.3) is 5.69 Å². The zero-order chi connectivity index (χ0) is 16.3. The second-order valence-electron chi connectivity index (χ2n) is 4.99. The molecule has 2 aromatic rings. The van der Waals surface area contributed by atoms with Crippen LogP contribution >= 0.6 is 0 Å². The number of aryl methyl sites for hydroxylation is 2. The molecule has 1 aromatic heterocycles. The van der Waals surface area contributed by atoms with Crippen molar-refractivity contribution in [2.45, 2.75) is 33.3 Å². The molecule has 0 N–H and O–H groups in total. The van der Waals surface area contributed by atoms with Crippen LogP contribution in [-0.2, 0) is 16.1 Å². The summed E-state index contributed by atoms with van der Waals surface area (Å²) in [6.45, 7) is 5.30. The summed E-state index contributed by atoms with van der Waals surface area (Å²) in [5.74, 6) is -0.283. The highest BCUT2D eigenvalue weighted by molar-refractivity contribution is 5.78. The van der Waals surface area contributed by atoms with Gasteiger partial charge >= 0.3 is 5.97 Å². The first-order chi connectivity index (χ1) is 10.4. The van der Waals surface area contributed by atoms with Crippen molar-refractivity contribution in [1.82, 2.24) is 5.16 Å². The van der Waals surface area contributed by atoms with E-state index in [0.29, 0.717) is 17.0 Å². The number of benzene rings is 1. The monoisotopic (exact) mass is 304 g/mol. The first-order valence-electron chi connectivity index (χ1n) is 6.73.